The van der Waals surface area contributed by atoms with E-state index in [9.17, 15) is 4.79 Å². The number of aryl methyl sites for hydroxylation is 1. The number of nitrogens with zero attached hydrogens (tertiary/aromatic N) is 4. The molecule has 1 saturated heterocycles. The molecule has 1 aliphatic heterocycles. The number of hydrogen-bond acceptors (Lipinski definition) is 4. The number of ether oxygens (including phenoxy) is 1. The van der Waals surface area contributed by atoms with Crippen LogP contribution in [0.25, 0.3) is 5.69 Å². The van der Waals surface area contributed by atoms with E-state index in [1.54, 1.807) is 6.20 Å². The average molecular weight is 365 g/mol. The quantitative estimate of drug-likeness (QED) is 0.754. The van der Waals surface area contributed by atoms with E-state index in [0.29, 0.717) is 19.6 Å². The molecule has 27 heavy (non-hydrogen) atoms. The summed E-state index contributed by atoms with van der Waals surface area (Å²) in [5.74, 6) is -0.135. The molecule has 1 fully saturated rings. The molecule has 4 rings (SSSR count). The van der Waals surface area contributed by atoms with Crippen LogP contribution in [0.15, 0.2) is 49.1 Å². The molecule has 0 saturated carbocycles. The van der Waals surface area contributed by atoms with Gasteiger partial charge >= 0.3 is 0 Å². The number of imidazole rings is 1. The van der Waals surface area contributed by atoms with Gasteiger partial charge in [-0.2, -0.15) is 5.10 Å². The lowest BCUT2D eigenvalue weighted by molar-refractivity contribution is -0.119. The third-order valence-corrected chi connectivity index (χ3v) is 5.07. The standard InChI is InChI=1S/C20H23N5O2/c1-14-15(2)25(13-21-14)18-6-4-17(5-7-18)23-20(26)16-10-19(27-12-16)11-24-9-3-8-22-24/h3-9,13,16,19H,10-12H2,1-2H3,(H,23,26). The first kappa shape index (κ1) is 17.5. The number of nitrogens with one attached hydrogen (secondary N) is 1. The predicted molar refractivity (Wildman–Crippen MR) is 102 cm³/mol. The fourth-order valence-corrected chi connectivity index (χ4v) is 3.34. The highest BCUT2D eigenvalue weighted by Gasteiger charge is 2.31. The van der Waals surface area contributed by atoms with Crippen LogP contribution in [-0.2, 0) is 16.1 Å². The van der Waals surface area contributed by atoms with Crippen LogP contribution in [0, 0.1) is 19.8 Å². The van der Waals surface area contributed by atoms with Gasteiger partial charge in [-0.25, -0.2) is 4.98 Å². The molecule has 3 heterocycles. The number of amides is 1. The van der Waals surface area contributed by atoms with Gasteiger partial charge in [-0.15, -0.1) is 0 Å². The van der Waals surface area contributed by atoms with Gasteiger partial charge in [0.25, 0.3) is 0 Å². The van der Waals surface area contributed by atoms with E-state index in [1.807, 2.05) is 66.0 Å². The zero-order valence-electron chi connectivity index (χ0n) is 15.5. The summed E-state index contributed by atoms with van der Waals surface area (Å²) in [6, 6.07) is 9.68. The zero-order valence-corrected chi connectivity index (χ0v) is 15.5. The third-order valence-electron chi connectivity index (χ3n) is 5.07. The molecule has 2 atom stereocenters. The van der Waals surface area contributed by atoms with E-state index in [4.69, 9.17) is 4.74 Å². The molecule has 0 radical (unpaired) electrons. The highest BCUT2D eigenvalue weighted by molar-refractivity contribution is 5.92. The molecule has 2 aromatic heterocycles. The Balaban J connectivity index is 1.35. The maximum absolute atomic E-state index is 12.5. The van der Waals surface area contributed by atoms with E-state index in [2.05, 4.69) is 15.4 Å². The Bertz CT molecular complexity index is 915. The molecule has 1 aromatic carbocycles. The van der Waals surface area contributed by atoms with Gasteiger partial charge in [0.1, 0.15) is 0 Å². The molecular weight excluding hydrogens is 342 g/mol. The van der Waals surface area contributed by atoms with Crippen molar-refractivity contribution in [3.8, 4) is 5.69 Å². The van der Waals surface area contributed by atoms with Crippen molar-refractivity contribution in [2.75, 3.05) is 11.9 Å². The van der Waals surface area contributed by atoms with E-state index in [-0.39, 0.29) is 17.9 Å². The number of hydrogen-bond donors (Lipinski definition) is 1. The monoisotopic (exact) mass is 365 g/mol. The van der Waals surface area contributed by atoms with Gasteiger partial charge in [0.05, 0.1) is 37.2 Å². The molecule has 0 spiro atoms. The highest BCUT2D eigenvalue weighted by atomic mass is 16.5. The van der Waals surface area contributed by atoms with Crippen LogP contribution >= 0.6 is 0 Å². The largest absolute Gasteiger partial charge is 0.375 e. The summed E-state index contributed by atoms with van der Waals surface area (Å²) >= 11 is 0. The smallest absolute Gasteiger partial charge is 0.229 e. The number of rotatable bonds is 5. The van der Waals surface area contributed by atoms with Crippen molar-refractivity contribution in [2.45, 2.75) is 32.9 Å². The Hall–Kier alpha value is -2.93. The molecule has 140 valence electrons. The van der Waals surface area contributed by atoms with Gasteiger partial charge in [-0.3, -0.25) is 9.48 Å². The number of carbonyl (C=O) groups excluding carboxylic acids is 1. The fourth-order valence-electron chi connectivity index (χ4n) is 3.34. The Morgan fingerprint density at radius 3 is 2.78 bits per heavy atom. The van der Waals surface area contributed by atoms with Gasteiger partial charge in [0, 0.05) is 29.5 Å². The summed E-state index contributed by atoms with van der Waals surface area (Å²) in [5.41, 5.74) is 3.93. The lowest BCUT2D eigenvalue weighted by Gasteiger charge is -2.11. The summed E-state index contributed by atoms with van der Waals surface area (Å²) in [6.07, 6.45) is 6.19. The second-order valence-electron chi connectivity index (χ2n) is 6.94. The first-order chi connectivity index (χ1) is 13.1. The fraction of sp³-hybridized carbons (Fsp3) is 0.350. The minimum Gasteiger partial charge on any atom is -0.375 e. The van der Waals surface area contributed by atoms with Crippen molar-refractivity contribution in [3.05, 3.63) is 60.4 Å². The summed E-state index contributed by atoms with van der Waals surface area (Å²) in [4.78, 5) is 16.9. The van der Waals surface area contributed by atoms with E-state index >= 15 is 0 Å². The van der Waals surface area contributed by atoms with Crippen LogP contribution < -0.4 is 5.32 Å². The van der Waals surface area contributed by atoms with Crippen LogP contribution in [0.3, 0.4) is 0 Å². The molecule has 2 unspecified atom stereocenters. The van der Waals surface area contributed by atoms with Crippen molar-refractivity contribution >= 4 is 11.6 Å². The van der Waals surface area contributed by atoms with Gasteiger partial charge in [-0.1, -0.05) is 0 Å². The van der Waals surface area contributed by atoms with E-state index in [1.165, 1.54) is 0 Å². The topological polar surface area (TPSA) is 74.0 Å². The van der Waals surface area contributed by atoms with Crippen molar-refractivity contribution in [3.63, 3.8) is 0 Å². The molecule has 1 amide bonds. The molecular formula is C20H23N5O2. The minimum absolute atomic E-state index is 0.000344. The van der Waals surface area contributed by atoms with E-state index in [0.717, 1.165) is 22.8 Å². The summed E-state index contributed by atoms with van der Waals surface area (Å²) in [7, 11) is 0. The lowest BCUT2D eigenvalue weighted by Crippen LogP contribution is -2.23. The maximum atomic E-state index is 12.5. The Kier molecular flexibility index (Phi) is 4.77. The predicted octanol–water partition coefficient (Wildman–Crippen LogP) is 2.73. The molecule has 7 nitrogen and oxygen atoms in total. The summed E-state index contributed by atoms with van der Waals surface area (Å²) < 4.78 is 9.63. The second-order valence-corrected chi connectivity index (χ2v) is 6.94. The van der Waals surface area contributed by atoms with Crippen LogP contribution in [-0.4, -0.2) is 37.9 Å². The Labute approximate surface area is 158 Å². The Morgan fingerprint density at radius 1 is 1.30 bits per heavy atom. The van der Waals surface area contributed by atoms with Gasteiger partial charge in [-0.05, 0) is 50.6 Å². The lowest BCUT2D eigenvalue weighted by atomic mass is 10.0. The van der Waals surface area contributed by atoms with Gasteiger partial charge in [0.15, 0.2) is 0 Å². The number of aromatic nitrogens is 4. The molecule has 0 aliphatic carbocycles. The van der Waals surface area contributed by atoms with Crippen LogP contribution in [0.2, 0.25) is 0 Å². The van der Waals surface area contributed by atoms with Crippen LogP contribution in [0.4, 0.5) is 5.69 Å². The summed E-state index contributed by atoms with van der Waals surface area (Å²) in [6.45, 7) is 5.15. The second kappa shape index (κ2) is 7.36. The third kappa shape index (κ3) is 3.78. The van der Waals surface area contributed by atoms with Crippen molar-refractivity contribution in [2.24, 2.45) is 5.92 Å². The van der Waals surface area contributed by atoms with Crippen LogP contribution in [0.1, 0.15) is 17.8 Å². The maximum Gasteiger partial charge on any atom is 0.229 e. The van der Waals surface area contributed by atoms with Crippen molar-refractivity contribution in [1.29, 1.82) is 0 Å². The number of benzene rings is 1. The molecule has 1 N–H and O–H groups in total. The molecule has 3 aromatic rings. The molecule has 0 bridgehead atoms. The van der Waals surface area contributed by atoms with Gasteiger partial charge < -0.3 is 14.6 Å². The van der Waals surface area contributed by atoms with Crippen LogP contribution in [0.5, 0.6) is 0 Å². The normalized spacial score (nSPS) is 19.3. The zero-order chi connectivity index (χ0) is 18.8. The Morgan fingerprint density at radius 2 is 2.11 bits per heavy atom. The number of carbonyl (C=O) groups is 1. The highest BCUT2D eigenvalue weighted by Crippen LogP contribution is 2.23. The molecule has 7 heteroatoms. The number of anilines is 1. The van der Waals surface area contributed by atoms with Crippen molar-refractivity contribution < 1.29 is 9.53 Å². The minimum atomic E-state index is -0.135. The first-order valence-corrected chi connectivity index (χ1v) is 9.11. The summed E-state index contributed by atoms with van der Waals surface area (Å²) in [5, 5.41) is 7.18. The van der Waals surface area contributed by atoms with Gasteiger partial charge in [0.2, 0.25) is 5.91 Å². The molecule has 1 aliphatic rings. The van der Waals surface area contributed by atoms with Crippen molar-refractivity contribution in [1.82, 2.24) is 19.3 Å². The van der Waals surface area contributed by atoms with E-state index < -0.39 is 0 Å². The SMILES string of the molecule is Cc1ncn(-c2ccc(NC(=O)C3COC(Cn4cccn4)C3)cc2)c1C. The first-order valence-electron chi connectivity index (χ1n) is 9.11. The average Bonchev–Trinajstić information content (AvgIpc) is 3.40.